The molecule has 1 saturated heterocycles. The predicted molar refractivity (Wildman–Crippen MR) is 90.9 cm³/mol. The Morgan fingerprint density at radius 1 is 1.33 bits per heavy atom. The number of aromatic nitrogens is 2. The number of amides is 2. The van der Waals surface area contributed by atoms with Gasteiger partial charge in [0.2, 0.25) is 0 Å². The van der Waals surface area contributed by atoms with Crippen LogP contribution >= 0.6 is 0 Å². The first kappa shape index (κ1) is 16.0. The first-order chi connectivity index (χ1) is 11.5. The largest absolute Gasteiger partial charge is 0.369 e. The van der Waals surface area contributed by atoms with Crippen LogP contribution in [0, 0.1) is 0 Å². The Balaban J connectivity index is 1.71. The van der Waals surface area contributed by atoms with E-state index in [1.807, 2.05) is 19.2 Å². The topological polar surface area (TPSA) is 93.2 Å². The molecule has 24 heavy (non-hydrogen) atoms. The molecule has 1 aliphatic heterocycles. The molecule has 1 aromatic carbocycles. The number of para-hydroxylation sites is 1. The van der Waals surface area contributed by atoms with Gasteiger partial charge in [-0.2, -0.15) is 0 Å². The van der Waals surface area contributed by atoms with Crippen molar-refractivity contribution in [3.8, 4) is 0 Å². The summed E-state index contributed by atoms with van der Waals surface area (Å²) in [6.45, 7) is 1.48. The molecule has 3 rings (SSSR count). The predicted octanol–water partition coefficient (Wildman–Crippen LogP) is 0.918. The number of imidazole rings is 1. The number of hydrogen-bond acceptors (Lipinski definition) is 4. The number of benzene rings is 1. The quantitative estimate of drug-likeness (QED) is 0.873. The van der Waals surface area contributed by atoms with Gasteiger partial charge in [0.25, 0.3) is 11.8 Å². The summed E-state index contributed by atoms with van der Waals surface area (Å²) in [6.07, 6.45) is 5.12. The van der Waals surface area contributed by atoms with Gasteiger partial charge in [0.05, 0.1) is 11.9 Å². The lowest BCUT2D eigenvalue weighted by atomic mass is 10.0. The van der Waals surface area contributed by atoms with Crippen molar-refractivity contribution in [1.29, 1.82) is 0 Å². The Morgan fingerprint density at radius 2 is 2.12 bits per heavy atom. The van der Waals surface area contributed by atoms with E-state index in [2.05, 4.69) is 15.2 Å². The van der Waals surface area contributed by atoms with Gasteiger partial charge in [0.15, 0.2) is 0 Å². The molecule has 0 saturated carbocycles. The molecule has 0 radical (unpaired) electrons. The molecule has 1 fully saturated rings. The molecule has 2 heterocycles. The first-order valence-electron chi connectivity index (χ1n) is 7.97. The van der Waals surface area contributed by atoms with Crippen molar-refractivity contribution in [1.82, 2.24) is 14.9 Å². The molecule has 1 aromatic heterocycles. The van der Waals surface area contributed by atoms with E-state index in [0.717, 1.165) is 25.1 Å². The van der Waals surface area contributed by atoms with Crippen LogP contribution in [-0.2, 0) is 7.05 Å². The van der Waals surface area contributed by atoms with Gasteiger partial charge in [-0.25, -0.2) is 4.98 Å². The van der Waals surface area contributed by atoms with Crippen molar-refractivity contribution in [2.45, 2.75) is 18.9 Å². The summed E-state index contributed by atoms with van der Waals surface area (Å²) in [4.78, 5) is 30.1. The Kier molecular flexibility index (Phi) is 4.50. The standard InChI is InChI=1S/C17H21N5O2/c1-21-10-14(19-11-21)17(24)20-12-5-4-8-22(9-12)15-7-3-2-6-13(15)16(18)23/h2-3,6-7,10-12H,4-5,8-9H2,1H3,(H2,18,23)(H,20,24). The molecule has 2 aromatic rings. The summed E-state index contributed by atoms with van der Waals surface area (Å²) >= 11 is 0. The smallest absolute Gasteiger partial charge is 0.271 e. The lowest BCUT2D eigenvalue weighted by Gasteiger charge is -2.35. The number of nitrogens with one attached hydrogen (secondary N) is 1. The summed E-state index contributed by atoms with van der Waals surface area (Å²) in [6, 6.07) is 7.32. The fourth-order valence-electron chi connectivity index (χ4n) is 3.06. The average molecular weight is 327 g/mol. The maximum Gasteiger partial charge on any atom is 0.271 e. The van der Waals surface area contributed by atoms with Gasteiger partial charge in [0, 0.05) is 38.1 Å². The monoisotopic (exact) mass is 327 g/mol. The third-order valence-corrected chi connectivity index (χ3v) is 4.20. The zero-order valence-corrected chi connectivity index (χ0v) is 13.6. The second-order valence-corrected chi connectivity index (χ2v) is 6.06. The van der Waals surface area contributed by atoms with Crippen molar-refractivity contribution in [3.05, 3.63) is 48.0 Å². The van der Waals surface area contributed by atoms with E-state index in [1.165, 1.54) is 0 Å². The average Bonchev–Trinajstić information content (AvgIpc) is 3.02. The van der Waals surface area contributed by atoms with Crippen LogP contribution in [0.1, 0.15) is 33.7 Å². The number of anilines is 1. The highest BCUT2D eigenvalue weighted by molar-refractivity contribution is 5.98. The van der Waals surface area contributed by atoms with Crippen LogP contribution in [0.4, 0.5) is 5.69 Å². The molecule has 126 valence electrons. The van der Waals surface area contributed by atoms with Gasteiger partial charge in [-0.3, -0.25) is 9.59 Å². The highest BCUT2D eigenvalue weighted by Crippen LogP contribution is 2.24. The lowest BCUT2D eigenvalue weighted by molar-refractivity contribution is 0.0927. The Labute approximate surface area is 140 Å². The van der Waals surface area contributed by atoms with E-state index in [9.17, 15) is 9.59 Å². The highest BCUT2D eigenvalue weighted by Gasteiger charge is 2.24. The zero-order chi connectivity index (χ0) is 17.1. The third kappa shape index (κ3) is 3.40. The van der Waals surface area contributed by atoms with E-state index in [-0.39, 0.29) is 11.9 Å². The van der Waals surface area contributed by atoms with Crippen LogP contribution in [0.15, 0.2) is 36.8 Å². The number of rotatable bonds is 4. The first-order valence-corrected chi connectivity index (χ1v) is 7.97. The number of nitrogens with zero attached hydrogens (tertiary/aromatic N) is 3. The molecule has 7 heteroatoms. The zero-order valence-electron chi connectivity index (χ0n) is 13.6. The van der Waals surface area contributed by atoms with E-state index in [4.69, 9.17) is 5.73 Å². The van der Waals surface area contributed by atoms with Gasteiger partial charge in [0.1, 0.15) is 5.69 Å². The number of piperidine rings is 1. The second kappa shape index (κ2) is 6.74. The second-order valence-electron chi connectivity index (χ2n) is 6.06. The van der Waals surface area contributed by atoms with Crippen molar-refractivity contribution >= 4 is 17.5 Å². The molecule has 3 N–H and O–H groups in total. The maximum atomic E-state index is 12.3. The van der Waals surface area contributed by atoms with E-state index >= 15 is 0 Å². The molecule has 7 nitrogen and oxygen atoms in total. The van der Waals surface area contributed by atoms with Gasteiger partial charge in [-0.15, -0.1) is 0 Å². The fraction of sp³-hybridized carbons (Fsp3) is 0.353. The Bertz CT molecular complexity index is 755. The normalized spacial score (nSPS) is 17.5. The van der Waals surface area contributed by atoms with Crippen molar-refractivity contribution in [3.63, 3.8) is 0 Å². The maximum absolute atomic E-state index is 12.3. The molecule has 1 atom stereocenters. The number of carbonyl (C=O) groups excluding carboxylic acids is 2. The van der Waals surface area contributed by atoms with Crippen LogP contribution in [0.5, 0.6) is 0 Å². The highest BCUT2D eigenvalue weighted by atomic mass is 16.2. The van der Waals surface area contributed by atoms with E-state index < -0.39 is 5.91 Å². The molecule has 0 bridgehead atoms. The summed E-state index contributed by atoms with van der Waals surface area (Å²) in [5.74, 6) is -0.615. The molecule has 2 amide bonds. The van der Waals surface area contributed by atoms with E-state index in [1.54, 1.807) is 29.2 Å². The third-order valence-electron chi connectivity index (χ3n) is 4.20. The molecule has 1 aliphatic rings. The summed E-state index contributed by atoms with van der Waals surface area (Å²) in [5.41, 5.74) is 7.21. The fourth-order valence-corrected chi connectivity index (χ4v) is 3.06. The van der Waals surface area contributed by atoms with Crippen molar-refractivity contribution in [2.24, 2.45) is 12.8 Å². The summed E-state index contributed by atoms with van der Waals surface area (Å²) in [5, 5.41) is 3.02. The molecular formula is C17H21N5O2. The molecule has 1 unspecified atom stereocenters. The summed E-state index contributed by atoms with van der Waals surface area (Å²) in [7, 11) is 1.83. The minimum absolute atomic E-state index is 0.00851. The van der Waals surface area contributed by atoms with Gasteiger partial charge < -0.3 is 20.5 Å². The van der Waals surface area contributed by atoms with Crippen LogP contribution in [-0.4, -0.2) is 40.5 Å². The number of aryl methyl sites for hydroxylation is 1. The summed E-state index contributed by atoms with van der Waals surface area (Å²) < 4.78 is 1.74. The van der Waals surface area contributed by atoms with Gasteiger partial charge in [-0.1, -0.05) is 12.1 Å². The molecule has 0 spiro atoms. The minimum Gasteiger partial charge on any atom is -0.369 e. The Morgan fingerprint density at radius 3 is 2.83 bits per heavy atom. The molecule has 0 aliphatic carbocycles. The molecular weight excluding hydrogens is 306 g/mol. The van der Waals surface area contributed by atoms with Crippen LogP contribution in [0.2, 0.25) is 0 Å². The van der Waals surface area contributed by atoms with Gasteiger partial charge in [-0.05, 0) is 25.0 Å². The van der Waals surface area contributed by atoms with Gasteiger partial charge >= 0.3 is 0 Å². The number of hydrogen-bond donors (Lipinski definition) is 2. The SMILES string of the molecule is Cn1cnc(C(=O)NC2CCCN(c3ccccc3C(N)=O)C2)c1. The van der Waals surface area contributed by atoms with E-state index in [0.29, 0.717) is 17.8 Å². The van der Waals surface area contributed by atoms with Crippen LogP contribution < -0.4 is 16.0 Å². The van der Waals surface area contributed by atoms with Crippen molar-refractivity contribution < 1.29 is 9.59 Å². The lowest BCUT2D eigenvalue weighted by Crippen LogP contribution is -2.48. The number of primary amides is 1. The van der Waals surface area contributed by atoms with Crippen molar-refractivity contribution in [2.75, 3.05) is 18.0 Å². The minimum atomic E-state index is -0.440. The van der Waals surface area contributed by atoms with Crippen LogP contribution in [0.3, 0.4) is 0 Å². The van der Waals surface area contributed by atoms with Crippen LogP contribution in [0.25, 0.3) is 0 Å². The number of carbonyl (C=O) groups is 2. The number of nitrogens with two attached hydrogens (primary N) is 1. The Hall–Kier alpha value is -2.83.